The predicted molar refractivity (Wildman–Crippen MR) is 98.2 cm³/mol. The van der Waals surface area contributed by atoms with E-state index in [9.17, 15) is 9.59 Å². The third-order valence-electron chi connectivity index (χ3n) is 4.10. The second-order valence-electron chi connectivity index (χ2n) is 7.54. The van der Waals surface area contributed by atoms with E-state index < -0.39 is 11.7 Å². The Kier molecular flexibility index (Phi) is 6.45. The number of ether oxygens (including phenoxy) is 2. The number of hydrogen-bond donors (Lipinski definition) is 1. The summed E-state index contributed by atoms with van der Waals surface area (Å²) in [5, 5.41) is 2.75. The van der Waals surface area contributed by atoms with Crippen LogP contribution in [0, 0.1) is 0 Å². The lowest BCUT2D eigenvalue weighted by atomic mass is 10.0. The van der Waals surface area contributed by atoms with Crippen LogP contribution in [0.15, 0.2) is 18.2 Å². The second kappa shape index (κ2) is 8.37. The minimum atomic E-state index is -0.574. The van der Waals surface area contributed by atoms with Gasteiger partial charge in [-0.05, 0) is 70.2 Å². The number of carbonyl (C=O) groups excluding carboxylic acids is 2. The second-order valence-corrected chi connectivity index (χ2v) is 7.54. The maximum absolute atomic E-state index is 12.0. The highest BCUT2D eigenvalue weighted by molar-refractivity contribution is 5.89. The Balaban J connectivity index is 2.15. The molecule has 1 aromatic carbocycles. The fourth-order valence-electron chi connectivity index (χ4n) is 2.86. The van der Waals surface area contributed by atoms with Gasteiger partial charge in [-0.2, -0.15) is 0 Å². The molecule has 0 radical (unpaired) electrons. The quantitative estimate of drug-likeness (QED) is 0.797. The molecule has 1 N–H and O–H groups in total. The molecule has 0 heterocycles. The van der Waals surface area contributed by atoms with Gasteiger partial charge in [0.15, 0.2) is 0 Å². The monoisotopic (exact) mass is 347 g/mol. The molecule has 0 atom stereocenters. The van der Waals surface area contributed by atoms with Crippen LogP contribution in [0.3, 0.4) is 0 Å². The molecule has 0 aliphatic heterocycles. The standard InChI is InChI=1S/C20H29NO4/c1-5-15(22)12-14-13-17(24-16-8-6-7-9-16)10-11-18(14)21-19(23)25-20(2,3)4/h10-11,13,16H,5-9,12H2,1-4H3,(H,21,23). The van der Waals surface area contributed by atoms with Crippen molar-refractivity contribution in [1.82, 2.24) is 0 Å². The van der Waals surface area contributed by atoms with Crippen LogP contribution in [0.4, 0.5) is 10.5 Å². The summed E-state index contributed by atoms with van der Waals surface area (Å²) >= 11 is 0. The summed E-state index contributed by atoms with van der Waals surface area (Å²) in [5.41, 5.74) is 0.776. The molecule has 0 unspecified atom stereocenters. The number of amides is 1. The van der Waals surface area contributed by atoms with Crippen molar-refractivity contribution >= 4 is 17.6 Å². The van der Waals surface area contributed by atoms with Gasteiger partial charge in [0.1, 0.15) is 17.1 Å². The van der Waals surface area contributed by atoms with Crippen LogP contribution in [-0.2, 0) is 16.0 Å². The number of benzene rings is 1. The van der Waals surface area contributed by atoms with Crippen LogP contribution < -0.4 is 10.1 Å². The first kappa shape index (κ1) is 19.3. The first-order chi connectivity index (χ1) is 11.8. The van der Waals surface area contributed by atoms with Crippen LogP contribution in [0.1, 0.15) is 65.4 Å². The maximum atomic E-state index is 12.0. The molecule has 1 aliphatic carbocycles. The molecule has 0 saturated heterocycles. The van der Waals surface area contributed by atoms with Gasteiger partial charge in [0.2, 0.25) is 0 Å². The first-order valence-electron chi connectivity index (χ1n) is 9.08. The summed E-state index contributed by atoms with van der Waals surface area (Å²) in [6.45, 7) is 7.27. The van der Waals surface area contributed by atoms with E-state index in [-0.39, 0.29) is 18.3 Å². The van der Waals surface area contributed by atoms with Crippen molar-refractivity contribution in [2.75, 3.05) is 5.32 Å². The molecule has 1 aliphatic rings. The van der Waals surface area contributed by atoms with E-state index >= 15 is 0 Å². The third-order valence-corrected chi connectivity index (χ3v) is 4.10. The number of anilines is 1. The number of rotatable bonds is 6. The zero-order valence-electron chi connectivity index (χ0n) is 15.7. The van der Waals surface area contributed by atoms with E-state index in [1.807, 2.05) is 39.8 Å². The number of ketones is 1. The zero-order valence-corrected chi connectivity index (χ0v) is 15.7. The Hall–Kier alpha value is -2.04. The van der Waals surface area contributed by atoms with Crippen LogP contribution in [-0.4, -0.2) is 23.6 Å². The van der Waals surface area contributed by atoms with Gasteiger partial charge in [-0.1, -0.05) is 6.92 Å². The molecule has 1 aromatic rings. The van der Waals surface area contributed by atoms with Gasteiger partial charge in [-0.15, -0.1) is 0 Å². The minimum Gasteiger partial charge on any atom is -0.490 e. The number of nitrogens with one attached hydrogen (secondary N) is 1. The van der Waals surface area contributed by atoms with E-state index in [2.05, 4.69) is 5.32 Å². The Morgan fingerprint density at radius 3 is 2.48 bits per heavy atom. The molecule has 25 heavy (non-hydrogen) atoms. The van der Waals surface area contributed by atoms with Gasteiger partial charge in [-0.25, -0.2) is 4.79 Å². The molecule has 1 saturated carbocycles. The summed E-state index contributed by atoms with van der Waals surface area (Å²) in [5.74, 6) is 0.866. The van der Waals surface area contributed by atoms with Crippen molar-refractivity contribution in [3.8, 4) is 5.75 Å². The molecule has 0 aromatic heterocycles. The lowest BCUT2D eigenvalue weighted by molar-refractivity contribution is -0.118. The lowest BCUT2D eigenvalue weighted by Gasteiger charge is -2.21. The highest BCUT2D eigenvalue weighted by Gasteiger charge is 2.20. The normalized spacial score (nSPS) is 15.0. The molecule has 0 spiro atoms. The van der Waals surface area contributed by atoms with Crippen molar-refractivity contribution < 1.29 is 19.1 Å². The average molecular weight is 347 g/mol. The molecule has 138 valence electrons. The molecule has 1 fully saturated rings. The smallest absolute Gasteiger partial charge is 0.412 e. The number of Topliss-reactive ketones (excluding diaryl/α,β-unsaturated/α-hetero) is 1. The summed E-state index contributed by atoms with van der Waals surface area (Å²) in [4.78, 5) is 24.0. The molecule has 1 amide bonds. The molecular weight excluding hydrogens is 318 g/mol. The van der Waals surface area contributed by atoms with Crippen molar-refractivity contribution in [2.45, 2.75) is 77.9 Å². The van der Waals surface area contributed by atoms with Crippen LogP contribution in [0.25, 0.3) is 0 Å². The van der Waals surface area contributed by atoms with Gasteiger partial charge in [0.25, 0.3) is 0 Å². The summed E-state index contributed by atoms with van der Waals surface area (Å²) in [7, 11) is 0. The van der Waals surface area contributed by atoms with Gasteiger partial charge in [0.05, 0.1) is 6.10 Å². The average Bonchev–Trinajstić information content (AvgIpc) is 3.00. The molecular formula is C20H29NO4. The third kappa shape index (κ3) is 6.40. The van der Waals surface area contributed by atoms with E-state index in [4.69, 9.17) is 9.47 Å². The van der Waals surface area contributed by atoms with Crippen molar-refractivity contribution in [3.63, 3.8) is 0 Å². The minimum absolute atomic E-state index is 0.116. The van der Waals surface area contributed by atoms with Gasteiger partial charge in [-0.3, -0.25) is 10.1 Å². The van der Waals surface area contributed by atoms with E-state index in [0.717, 1.165) is 24.2 Å². The Morgan fingerprint density at radius 2 is 1.88 bits per heavy atom. The Bertz CT molecular complexity index is 613. The molecule has 0 bridgehead atoms. The highest BCUT2D eigenvalue weighted by atomic mass is 16.6. The maximum Gasteiger partial charge on any atom is 0.412 e. The summed E-state index contributed by atoms with van der Waals surface area (Å²) in [6.07, 6.45) is 4.99. The Morgan fingerprint density at radius 1 is 1.20 bits per heavy atom. The van der Waals surface area contributed by atoms with Crippen LogP contribution >= 0.6 is 0 Å². The predicted octanol–water partition coefficient (Wildman–Crippen LogP) is 4.88. The largest absolute Gasteiger partial charge is 0.490 e. The first-order valence-corrected chi connectivity index (χ1v) is 9.08. The van der Waals surface area contributed by atoms with E-state index in [1.54, 1.807) is 6.07 Å². The molecule has 5 nitrogen and oxygen atoms in total. The lowest BCUT2D eigenvalue weighted by Crippen LogP contribution is -2.27. The van der Waals surface area contributed by atoms with E-state index in [0.29, 0.717) is 12.1 Å². The van der Waals surface area contributed by atoms with Crippen molar-refractivity contribution in [3.05, 3.63) is 23.8 Å². The summed E-state index contributed by atoms with van der Waals surface area (Å²) in [6, 6.07) is 5.48. The van der Waals surface area contributed by atoms with Crippen LogP contribution in [0.2, 0.25) is 0 Å². The van der Waals surface area contributed by atoms with Crippen LogP contribution in [0.5, 0.6) is 5.75 Å². The summed E-state index contributed by atoms with van der Waals surface area (Å²) < 4.78 is 11.3. The number of carbonyl (C=O) groups is 2. The van der Waals surface area contributed by atoms with Gasteiger partial charge in [0, 0.05) is 18.5 Å². The van der Waals surface area contributed by atoms with E-state index in [1.165, 1.54) is 12.8 Å². The fraction of sp³-hybridized carbons (Fsp3) is 0.600. The molecule has 2 rings (SSSR count). The molecule has 5 heteroatoms. The topological polar surface area (TPSA) is 64.6 Å². The van der Waals surface area contributed by atoms with Gasteiger partial charge < -0.3 is 9.47 Å². The SMILES string of the molecule is CCC(=O)Cc1cc(OC2CCCC2)ccc1NC(=O)OC(C)(C)C. The number of hydrogen-bond acceptors (Lipinski definition) is 4. The fourth-order valence-corrected chi connectivity index (χ4v) is 2.86. The van der Waals surface area contributed by atoms with Crippen molar-refractivity contribution in [2.24, 2.45) is 0 Å². The highest BCUT2D eigenvalue weighted by Crippen LogP contribution is 2.28. The van der Waals surface area contributed by atoms with Crippen molar-refractivity contribution in [1.29, 1.82) is 0 Å². The Labute approximate surface area is 150 Å². The van der Waals surface area contributed by atoms with Gasteiger partial charge >= 0.3 is 6.09 Å². The zero-order chi connectivity index (χ0) is 18.4.